The van der Waals surface area contributed by atoms with Gasteiger partial charge in [0, 0.05) is 50.7 Å². The quantitative estimate of drug-likeness (QED) is 0.834. The van der Waals surface area contributed by atoms with E-state index in [1.807, 2.05) is 24.3 Å². The van der Waals surface area contributed by atoms with Crippen LogP contribution in [0.5, 0.6) is 11.5 Å². The molecule has 3 rings (SSSR count). The predicted molar refractivity (Wildman–Crippen MR) is 102 cm³/mol. The summed E-state index contributed by atoms with van der Waals surface area (Å²) < 4.78 is 11.0. The Kier molecular flexibility index (Phi) is 6.74. The van der Waals surface area contributed by atoms with Crippen molar-refractivity contribution in [3.63, 3.8) is 0 Å². The number of methoxy groups -OCH3 is 1. The largest absolute Gasteiger partial charge is 0.497 e. The smallest absolute Gasteiger partial charge is 0.225 e. The summed E-state index contributed by atoms with van der Waals surface area (Å²) in [5, 5.41) is 3.42. The number of benzene rings is 1. The van der Waals surface area contributed by atoms with E-state index in [2.05, 4.69) is 22.0 Å². The highest BCUT2D eigenvalue weighted by molar-refractivity contribution is 5.79. The molecule has 0 radical (unpaired) electrons. The molecule has 6 nitrogen and oxygen atoms in total. The van der Waals surface area contributed by atoms with E-state index >= 15 is 0 Å². The lowest BCUT2D eigenvalue weighted by Crippen LogP contribution is -2.52. The number of nitrogens with zero attached hydrogens (tertiary/aromatic N) is 2. The maximum Gasteiger partial charge on any atom is 0.225 e. The van der Waals surface area contributed by atoms with Gasteiger partial charge in [-0.15, -0.1) is 0 Å². The first-order valence-corrected chi connectivity index (χ1v) is 9.67. The lowest BCUT2D eigenvalue weighted by Gasteiger charge is -2.38. The number of rotatable bonds is 6. The number of carbonyl (C=O) groups excluding carboxylic acids is 1. The molecule has 1 amide bonds. The standard InChI is InChI=1S/C20H31N3O3/c1-16-14-17(6-7-21-16)20(24)23-10-8-22(9-11-23)12-13-26-19-5-3-4-18(15-19)25-2/h3-5,15-17,21H,6-14H2,1-2H3/t16-,17-/m0/s1. The number of piperazine rings is 1. The molecule has 2 aliphatic heterocycles. The number of hydrogen-bond acceptors (Lipinski definition) is 5. The fourth-order valence-corrected chi connectivity index (χ4v) is 3.79. The van der Waals surface area contributed by atoms with Gasteiger partial charge in [0.15, 0.2) is 0 Å². The van der Waals surface area contributed by atoms with E-state index in [9.17, 15) is 4.79 Å². The Balaban J connectivity index is 1.37. The molecule has 0 spiro atoms. The molecule has 0 aromatic heterocycles. The van der Waals surface area contributed by atoms with Crippen molar-refractivity contribution in [2.75, 3.05) is 53.0 Å². The van der Waals surface area contributed by atoms with E-state index in [1.165, 1.54) is 0 Å². The molecule has 2 aliphatic rings. The highest BCUT2D eigenvalue weighted by atomic mass is 16.5. The molecule has 0 bridgehead atoms. The number of piperidine rings is 1. The number of ether oxygens (including phenoxy) is 2. The van der Waals surface area contributed by atoms with Gasteiger partial charge in [-0.2, -0.15) is 0 Å². The molecule has 1 N–H and O–H groups in total. The van der Waals surface area contributed by atoms with Gasteiger partial charge in [-0.05, 0) is 38.4 Å². The van der Waals surface area contributed by atoms with Crippen LogP contribution in [-0.4, -0.2) is 74.7 Å². The molecule has 26 heavy (non-hydrogen) atoms. The molecule has 2 fully saturated rings. The Labute approximate surface area is 156 Å². The molecule has 0 saturated carbocycles. The minimum atomic E-state index is 0.203. The summed E-state index contributed by atoms with van der Waals surface area (Å²) in [7, 11) is 1.66. The second-order valence-electron chi connectivity index (χ2n) is 7.27. The van der Waals surface area contributed by atoms with Crippen LogP contribution in [0.1, 0.15) is 19.8 Å². The molecule has 2 saturated heterocycles. The Morgan fingerprint density at radius 3 is 2.73 bits per heavy atom. The summed E-state index contributed by atoms with van der Waals surface area (Å²) in [6.45, 7) is 8.16. The van der Waals surface area contributed by atoms with Gasteiger partial charge in [0.05, 0.1) is 7.11 Å². The zero-order valence-electron chi connectivity index (χ0n) is 15.9. The normalized spacial score (nSPS) is 24.3. The van der Waals surface area contributed by atoms with Gasteiger partial charge in [0.2, 0.25) is 5.91 Å². The fraction of sp³-hybridized carbons (Fsp3) is 0.650. The number of nitrogens with one attached hydrogen (secondary N) is 1. The van der Waals surface area contributed by atoms with Crippen LogP contribution in [0.2, 0.25) is 0 Å². The maximum absolute atomic E-state index is 12.7. The second-order valence-corrected chi connectivity index (χ2v) is 7.27. The third-order valence-corrected chi connectivity index (χ3v) is 5.37. The zero-order valence-corrected chi connectivity index (χ0v) is 15.9. The SMILES string of the molecule is COc1cccc(OCCN2CCN(C(=O)[C@H]3CCN[C@@H](C)C3)CC2)c1. The van der Waals surface area contributed by atoms with Crippen molar-refractivity contribution in [1.82, 2.24) is 15.1 Å². The summed E-state index contributed by atoms with van der Waals surface area (Å²) in [6, 6.07) is 8.13. The van der Waals surface area contributed by atoms with Gasteiger partial charge in [-0.3, -0.25) is 9.69 Å². The highest BCUT2D eigenvalue weighted by Crippen LogP contribution is 2.20. The van der Waals surface area contributed by atoms with Gasteiger partial charge in [-0.25, -0.2) is 0 Å². The first-order valence-electron chi connectivity index (χ1n) is 9.67. The minimum Gasteiger partial charge on any atom is -0.497 e. The lowest BCUT2D eigenvalue weighted by molar-refractivity contribution is -0.138. The van der Waals surface area contributed by atoms with E-state index in [1.54, 1.807) is 7.11 Å². The van der Waals surface area contributed by atoms with Crippen LogP contribution in [0.25, 0.3) is 0 Å². The Morgan fingerprint density at radius 1 is 1.23 bits per heavy atom. The molecule has 2 atom stereocenters. The van der Waals surface area contributed by atoms with Crippen molar-refractivity contribution in [1.29, 1.82) is 0 Å². The van der Waals surface area contributed by atoms with E-state index in [0.29, 0.717) is 18.6 Å². The molecule has 1 aromatic rings. The topological polar surface area (TPSA) is 54.0 Å². The van der Waals surface area contributed by atoms with Crippen LogP contribution in [0, 0.1) is 5.92 Å². The summed E-state index contributed by atoms with van der Waals surface area (Å²) in [4.78, 5) is 17.1. The molecule has 6 heteroatoms. The van der Waals surface area contributed by atoms with Crippen molar-refractivity contribution in [2.45, 2.75) is 25.8 Å². The van der Waals surface area contributed by atoms with Crippen LogP contribution in [0.4, 0.5) is 0 Å². The molecule has 0 unspecified atom stereocenters. The van der Waals surface area contributed by atoms with Gasteiger partial charge in [0.1, 0.15) is 18.1 Å². The van der Waals surface area contributed by atoms with E-state index < -0.39 is 0 Å². The lowest BCUT2D eigenvalue weighted by atomic mass is 9.92. The molecular formula is C20H31N3O3. The van der Waals surface area contributed by atoms with Crippen LogP contribution in [0.3, 0.4) is 0 Å². The van der Waals surface area contributed by atoms with Gasteiger partial charge < -0.3 is 19.7 Å². The first kappa shape index (κ1) is 19.0. The van der Waals surface area contributed by atoms with Crippen LogP contribution >= 0.6 is 0 Å². The number of hydrogen-bond donors (Lipinski definition) is 1. The van der Waals surface area contributed by atoms with E-state index in [0.717, 1.165) is 63.6 Å². The van der Waals surface area contributed by atoms with Gasteiger partial charge in [0.25, 0.3) is 0 Å². The molecule has 144 valence electrons. The first-order chi connectivity index (χ1) is 12.7. The Bertz CT molecular complexity index is 587. The third kappa shape index (κ3) is 5.11. The van der Waals surface area contributed by atoms with Crippen LogP contribution in [0.15, 0.2) is 24.3 Å². The number of amides is 1. The number of carbonyl (C=O) groups is 1. The van der Waals surface area contributed by atoms with Gasteiger partial charge >= 0.3 is 0 Å². The van der Waals surface area contributed by atoms with Crippen LogP contribution in [-0.2, 0) is 4.79 Å². The van der Waals surface area contributed by atoms with Crippen molar-refractivity contribution in [3.05, 3.63) is 24.3 Å². The summed E-state index contributed by atoms with van der Waals surface area (Å²) in [5.74, 6) is 2.19. The Hall–Kier alpha value is -1.79. The summed E-state index contributed by atoms with van der Waals surface area (Å²) in [6.07, 6.45) is 1.94. The van der Waals surface area contributed by atoms with Crippen molar-refractivity contribution < 1.29 is 14.3 Å². The second kappa shape index (κ2) is 9.24. The molecule has 2 heterocycles. The molecule has 1 aromatic carbocycles. The fourth-order valence-electron chi connectivity index (χ4n) is 3.79. The van der Waals surface area contributed by atoms with Crippen molar-refractivity contribution in [2.24, 2.45) is 5.92 Å². The van der Waals surface area contributed by atoms with Crippen molar-refractivity contribution >= 4 is 5.91 Å². The summed E-state index contributed by atoms with van der Waals surface area (Å²) in [5.41, 5.74) is 0. The van der Waals surface area contributed by atoms with Crippen LogP contribution < -0.4 is 14.8 Å². The zero-order chi connectivity index (χ0) is 18.4. The third-order valence-electron chi connectivity index (χ3n) is 5.37. The monoisotopic (exact) mass is 361 g/mol. The maximum atomic E-state index is 12.7. The minimum absolute atomic E-state index is 0.203. The molecule has 0 aliphatic carbocycles. The Morgan fingerprint density at radius 2 is 2.00 bits per heavy atom. The van der Waals surface area contributed by atoms with Crippen molar-refractivity contribution in [3.8, 4) is 11.5 Å². The van der Waals surface area contributed by atoms with E-state index in [4.69, 9.17) is 9.47 Å². The van der Waals surface area contributed by atoms with Gasteiger partial charge in [-0.1, -0.05) is 6.07 Å². The highest BCUT2D eigenvalue weighted by Gasteiger charge is 2.30. The average molecular weight is 361 g/mol. The van der Waals surface area contributed by atoms with E-state index in [-0.39, 0.29) is 5.92 Å². The molecular weight excluding hydrogens is 330 g/mol. The average Bonchev–Trinajstić information content (AvgIpc) is 2.68. The predicted octanol–water partition coefficient (Wildman–Crippen LogP) is 1.61. The summed E-state index contributed by atoms with van der Waals surface area (Å²) >= 11 is 0.